The van der Waals surface area contributed by atoms with Crippen molar-refractivity contribution in [3.05, 3.63) is 32.3 Å². The molecule has 0 saturated carbocycles. The molecule has 0 amide bonds. The molecule has 6 heteroatoms. The largest absolute Gasteiger partial charge is 0.314 e. The number of aromatic nitrogens is 1. The topological polar surface area (TPSA) is 56.1 Å². The van der Waals surface area contributed by atoms with Crippen molar-refractivity contribution in [2.75, 3.05) is 5.75 Å². The van der Waals surface area contributed by atoms with Gasteiger partial charge in [-0.3, -0.25) is 4.79 Å². The van der Waals surface area contributed by atoms with Gasteiger partial charge >= 0.3 is 0 Å². The Morgan fingerprint density at radius 1 is 1.35 bits per heavy atom. The van der Waals surface area contributed by atoms with Crippen molar-refractivity contribution in [3.63, 3.8) is 0 Å². The van der Waals surface area contributed by atoms with Gasteiger partial charge < -0.3 is 4.57 Å². The minimum absolute atomic E-state index is 0.0174. The van der Waals surface area contributed by atoms with E-state index in [1.165, 1.54) is 4.57 Å². The van der Waals surface area contributed by atoms with Crippen LogP contribution in [-0.4, -0.2) is 23.5 Å². The Labute approximate surface area is 115 Å². The van der Waals surface area contributed by atoms with E-state index < -0.39 is 14.6 Å². The highest BCUT2D eigenvalue weighted by Crippen LogP contribution is 2.15. The molecule has 0 aromatic carbocycles. The molecule has 1 aromatic heterocycles. The van der Waals surface area contributed by atoms with Gasteiger partial charge in [-0.2, -0.15) is 0 Å². The number of halogens is 1. The molecule has 0 N–H and O–H groups in total. The van der Waals surface area contributed by atoms with E-state index in [1.54, 1.807) is 39.1 Å². The number of hydrogen-bond acceptors (Lipinski definition) is 3. The zero-order chi connectivity index (χ0) is 13.3. The maximum Gasteiger partial charge on any atom is 0.263 e. The standard InChI is InChI=1S/C11H16INO3S/c1-11(2,3)17(15,16)8-7-13-6-4-5-9(12)10(13)14/h4-6H,7-8H2,1-3H3. The Hall–Kier alpha value is -0.370. The number of hydrogen-bond donors (Lipinski definition) is 0. The predicted molar refractivity (Wildman–Crippen MR) is 77.0 cm³/mol. The molecule has 0 bridgehead atoms. The van der Waals surface area contributed by atoms with Crippen LogP contribution >= 0.6 is 22.6 Å². The summed E-state index contributed by atoms with van der Waals surface area (Å²) in [4.78, 5) is 11.7. The average Bonchev–Trinajstić information content (AvgIpc) is 2.18. The minimum Gasteiger partial charge on any atom is -0.314 e. The Balaban J connectivity index is 2.90. The molecule has 0 aliphatic heterocycles. The molecule has 0 radical (unpaired) electrons. The Morgan fingerprint density at radius 2 is 1.94 bits per heavy atom. The quantitative estimate of drug-likeness (QED) is 0.762. The minimum atomic E-state index is -3.19. The van der Waals surface area contributed by atoms with Crippen LogP contribution in [-0.2, 0) is 16.4 Å². The number of sulfone groups is 1. The molecular formula is C11H16INO3S. The fourth-order valence-electron chi connectivity index (χ4n) is 1.21. The maximum atomic E-state index is 11.9. The Morgan fingerprint density at radius 3 is 2.47 bits per heavy atom. The summed E-state index contributed by atoms with van der Waals surface area (Å²) < 4.78 is 25.1. The molecular weight excluding hydrogens is 353 g/mol. The lowest BCUT2D eigenvalue weighted by Crippen LogP contribution is -2.34. The smallest absolute Gasteiger partial charge is 0.263 e. The lowest BCUT2D eigenvalue weighted by atomic mass is 10.3. The molecule has 0 aliphatic rings. The molecule has 17 heavy (non-hydrogen) atoms. The van der Waals surface area contributed by atoms with Gasteiger partial charge in [0.05, 0.1) is 14.1 Å². The molecule has 0 aliphatic carbocycles. The molecule has 0 fully saturated rings. The van der Waals surface area contributed by atoms with E-state index in [9.17, 15) is 13.2 Å². The van der Waals surface area contributed by atoms with Crippen molar-refractivity contribution in [1.82, 2.24) is 4.57 Å². The highest BCUT2D eigenvalue weighted by molar-refractivity contribution is 14.1. The summed E-state index contributed by atoms with van der Waals surface area (Å²) >= 11 is 1.94. The van der Waals surface area contributed by atoms with Gasteiger partial charge in [0.15, 0.2) is 9.84 Å². The third kappa shape index (κ3) is 3.54. The first-order valence-corrected chi connectivity index (χ1v) is 7.95. The van der Waals surface area contributed by atoms with Gasteiger partial charge in [-0.05, 0) is 55.5 Å². The van der Waals surface area contributed by atoms with Crippen LogP contribution in [0, 0.1) is 3.57 Å². The number of aryl methyl sites for hydroxylation is 1. The van der Waals surface area contributed by atoms with E-state index in [4.69, 9.17) is 0 Å². The second-order valence-corrected chi connectivity index (χ2v) is 8.81. The lowest BCUT2D eigenvalue weighted by Gasteiger charge is -2.19. The fraction of sp³-hybridized carbons (Fsp3) is 0.545. The van der Waals surface area contributed by atoms with E-state index in [1.807, 2.05) is 22.6 Å². The number of nitrogens with zero attached hydrogens (tertiary/aromatic N) is 1. The molecule has 96 valence electrons. The average molecular weight is 369 g/mol. The highest BCUT2D eigenvalue weighted by atomic mass is 127. The zero-order valence-electron chi connectivity index (χ0n) is 10.1. The first kappa shape index (κ1) is 14.7. The van der Waals surface area contributed by atoms with Crippen molar-refractivity contribution in [3.8, 4) is 0 Å². The zero-order valence-corrected chi connectivity index (χ0v) is 13.1. The van der Waals surface area contributed by atoms with Gasteiger partial charge in [0, 0.05) is 12.7 Å². The van der Waals surface area contributed by atoms with Crippen molar-refractivity contribution in [1.29, 1.82) is 0 Å². The van der Waals surface area contributed by atoms with Crippen molar-refractivity contribution in [2.45, 2.75) is 32.1 Å². The molecule has 0 atom stereocenters. The third-order valence-electron chi connectivity index (χ3n) is 2.51. The van der Waals surface area contributed by atoms with Crippen molar-refractivity contribution in [2.24, 2.45) is 0 Å². The maximum absolute atomic E-state index is 11.9. The normalized spacial score (nSPS) is 12.7. The summed E-state index contributed by atoms with van der Waals surface area (Å²) in [5.74, 6) is -0.0174. The van der Waals surface area contributed by atoms with E-state index in [-0.39, 0.29) is 17.9 Å². The van der Waals surface area contributed by atoms with E-state index >= 15 is 0 Å². The van der Waals surface area contributed by atoms with Crippen LogP contribution in [0.5, 0.6) is 0 Å². The summed E-state index contributed by atoms with van der Waals surface area (Å²) in [7, 11) is -3.19. The molecule has 1 aromatic rings. The summed E-state index contributed by atoms with van der Waals surface area (Å²) in [5.41, 5.74) is -0.141. The van der Waals surface area contributed by atoms with Gasteiger partial charge in [-0.25, -0.2) is 8.42 Å². The van der Waals surface area contributed by atoms with Crippen LogP contribution < -0.4 is 5.56 Å². The third-order valence-corrected chi connectivity index (χ3v) is 5.91. The second-order valence-electron chi connectivity index (χ2n) is 4.79. The first-order valence-electron chi connectivity index (χ1n) is 5.22. The first-order chi connectivity index (χ1) is 7.65. The van der Waals surface area contributed by atoms with E-state index in [2.05, 4.69) is 0 Å². The summed E-state index contributed by atoms with van der Waals surface area (Å²) in [6, 6.07) is 3.45. The fourth-order valence-corrected chi connectivity index (χ4v) is 2.78. The van der Waals surface area contributed by atoms with Gasteiger partial charge in [-0.15, -0.1) is 0 Å². The van der Waals surface area contributed by atoms with Gasteiger partial charge in [0.25, 0.3) is 5.56 Å². The molecule has 4 nitrogen and oxygen atoms in total. The van der Waals surface area contributed by atoms with E-state index in [0.717, 1.165) is 0 Å². The van der Waals surface area contributed by atoms with Crippen LogP contribution in [0.25, 0.3) is 0 Å². The number of pyridine rings is 1. The van der Waals surface area contributed by atoms with Crippen LogP contribution in [0.1, 0.15) is 20.8 Å². The second kappa shape index (κ2) is 5.09. The molecule has 0 unspecified atom stereocenters. The molecule has 0 spiro atoms. The van der Waals surface area contributed by atoms with Crippen LogP contribution in [0.15, 0.2) is 23.1 Å². The molecule has 0 saturated heterocycles. The summed E-state index contributed by atoms with van der Waals surface area (Å²) in [6.07, 6.45) is 1.61. The number of rotatable bonds is 3. The molecule has 1 heterocycles. The van der Waals surface area contributed by atoms with Gasteiger partial charge in [0.2, 0.25) is 0 Å². The summed E-state index contributed by atoms with van der Waals surface area (Å²) in [5, 5.41) is 0. The van der Waals surface area contributed by atoms with E-state index in [0.29, 0.717) is 3.57 Å². The summed E-state index contributed by atoms with van der Waals surface area (Å²) in [6.45, 7) is 5.20. The van der Waals surface area contributed by atoms with Crippen molar-refractivity contribution < 1.29 is 8.42 Å². The monoisotopic (exact) mass is 369 g/mol. The van der Waals surface area contributed by atoms with Crippen LogP contribution in [0.3, 0.4) is 0 Å². The highest BCUT2D eigenvalue weighted by Gasteiger charge is 2.28. The van der Waals surface area contributed by atoms with Gasteiger partial charge in [-0.1, -0.05) is 0 Å². The Kier molecular flexibility index (Phi) is 4.40. The van der Waals surface area contributed by atoms with Crippen molar-refractivity contribution >= 4 is 32.4 Å². The van der Waals surface area contributed by atoms with Gasteiger partial charge in [0.1, 0.15) is 0 Å². The van der Waals surface area contributed by atoms with Crippen LogP contribution in [0.4, 0.5) is 0 Å². The Bertz CT molecular complexity index is 555. The van der Waals surface area contributed by atoms with Crippen LogP contribution in [0.2, 0.25) is 0 Å². The lowest BCUT2D eigenvalue weighted by molar-refractivity contribution is 0.552. The predicted octanol–water partition coefficient (Wildman–Crippen LogP) is 1.67. The SMILES string of the molecule is CC(C)(C)S(=O)(=O)CCn1cccc(I)c1=O. The molecule has 1 rings (SSSR count).